The molecule has 0 saturated heterocycles. The number of para-hydroxylation sites is 2. The topological polar surface area (TPSA) is 74.9 Å². The van der Waals surface area contributed by atoms with Crippen LogP contribution in [0.5, 0.6) is 17.2 Å². The Labute approximate surface area is 163 Å². The first kappa shape index (κ1) is 16.8. The molecule has 7 nitrogen and oxygen atoms in total. The van der Waals surface area contributed by atoms with Crippen LogP contribution in [0.1, 0.15) is 17.5 Å². The van der Waals surface area contributed by atoms with Gasteiger partial charge in [0.15, 0.2) is 23.4 Å². The average Bonchev–Trinajstić information content (AvgIpc) is 3.28. The van der Waals surface area contributed by atoms with E-state index in [0.29, 0.717) is 33.4 Å². The van der Waals surface area contributed by atoms with Gasteiger partial charge >= 0.3 is 0 Å². The molecule has 0 radical (unpaired) electrons. The fourth-order valence-corrected chi connectivity index (χ4v) is 3.90. The summed E-state index contributed by atoms with van der Waals surface area (Å²) in [5.41, 5.74) is 0.704. The van der Waals surface area contributed by atoms with Gasteiger partial charge in [-0.3, -0.25) is 4.79 Å². The van der Waals surface area contributed by atoms with Crippen LogP contribution in [0.15, 0.2) is 53.3 Å². The minimum absolute atomic E-state index is 0.202. The van der Waals surface area contributed by atoms with Crippen LogP contribution in [0.25, 0.3) is 11.0 Å². The largest absolute Gasteiger partial charge is 0.497 e. The Bertz CT molecular complexity index is 1260. The van der Waals surface area contributed by atoms with Crippen LogP contribution in [0.3, 0.4) is 0 Å². The summed E-state index contributed by atoms with van der Waals surface area (Å²) < 4.78 is 18.7. The smallest absolute Gasteiger partial charge is 0.291 e. The molecular weight excluding hydrogens is 378 g/mol. The van der Waals surface area contributed by atoms with Gasteiger partial charge in [-0.05, 0) is 35.9 Å². The highest BCUT2D eigenvalue weighted by molar-refractivity contribution is 7.15. The Balaban J connectivity index is 1.47. The second kappa shape index (κ2) is 6.65. The van der Waals surface area contributed by atoms with Crippen LogP contribution in [0.4, 0.5) is 0 Å². The molecule has 0 saturated carbocycles. The molecule has 5 rings (SSSR count). The van der Waals surface area contributed by atoms with Crippen molar-refractivity contribution in [2.75, 3.05) is 13.7 Å². The van der Waals surface area contributed by atoms with Crippen LogP contribution in [-0.2, 0) is 0 Å². The second-order valence-electron chi connectivity index (χ2n) is 6.22. The number of methoxy groups -OCH3 is 1. The molecule has 0 fully saturated rings. The average molecular weight is 393 g/mol. The third-order valence-corrected chi connectivity index (χ3v) is 5.37. The molecule has 0 amide bonds. The van der Waals surface area contributed by atoms with E-state index in [2.05, 4.69) is 10.1 Å². The van der Waals surface area contributed by atoms with E-state index in [1.807, 2.05) is 54.6 Å². The summed E-state index contributed by atoms with van der Waals surface area (Å²) >= 11 is 1.29. The van der Waals surface area contributed by atoms with Crippen molar-refractivity contribution in [3.63, 3.8) is 0 Å². The number of hydrogen-bond acceptors (Lipinski definition) is 7. The summed E-state index contributed by atoms with van der Waals surface area (Å²) in [5.74, 6) is 2.55. The number of fused-ring (bicyclic) bond motifs is 2. The molecule has 0 bridgehead atoms. The van der Waals surface area contributed by atoms with Crippen molar-refractivity contribution >= 4 is 22.4 Å². The van der Waals surface area contributed by atoms with Gasteiger partial charge in [-0.15, -0.1) is 5.10 Å². The maximum absolute atomic E-state index is 12.7. The lowest BCUT2D eigenvalue weighted by Crippen LogP contribution is -2.26. The summed E-state index contributed by atoms with van der Waals surface area (Å²) in [5, 5.41) is 4.36. The highest BCUT2D eigenvalue weighted by Gasteiger charge is 2.27. The monoisotopic (exact) mass is 393 g/mol. The lowest BCUT2D eigenvalue weighted by atomic mass is 10.2. The van der Waals surface area contributed by atoms with E-state index in [0.717, 1.165) is 11.3 Å². The van der Waals surface area contributed by atoms with Crippen molar-refractivity contribution in [3.05, 3.63) is 74.8 Å². The van der Waals surface area contributed by atoms with Crippen molar-refractivity contribution in [1.82, 2.24) is 14.6 Å². The summed E-state index contributed by atoms with van der Waals surface area (Å²) in [6, 6.07) is 14.9. The molecule has 0 spiro atoms. The highest BCUT2D eigenvalue weighted by atomic mass is 32.1. The van der Waals surface area contributed by atoms with Crippen LogP contribution in [-0.4, -0.2) is 28.3 Å². The van der Waals surface area contributed by atoms with Crippen LogP contribution in [0, 0.1) is 0 Å². The van der Waals surface area contributed by atoms with Crippen molar-refractivity contribution in [2.24, 2.45) is 0 Å². The first-order chi connectivity index (χ1) is 13.7. The molecule has 28 heavy (non-hydrogen) atoms. The molecule has 1 aliphatic heterocycles. The summed E-state index contributed by atoms with van der Waals surface area (Å²) in [6.45, 7) is 0.299. The molecule has 2 aromatic heterocycles. The standard InChI is InChI=1S/C20H15N3O4S/c1-25-13-8-6-12(7-9-13)10-17-19(24)23-20(28-17)21-18(22-23)16-11-26-14-4-2-3-5-15(14)27-16/h2-10,16H,11H2,1H3/b17-10-/t16-/m0/s1. The van der Waals surface area contributed by atoms with E-state index in [1.165, 1.54) is 15.9 Å². The fraction of sp³-hybridized carbons (Fsp3) is 0.150. The van der Waals surface area contributed by atoms with E-state index in [-0.39, 0.29) is 5.56 Å². The molecule has 0 N–H and O–H groups in total. The quantitative estimate of drug-likeness (QED) is 0.531. The number of ether oxygens (including phenoxy) is 3. The summed E-state index contributed by atoms with van der Waals surface area (Å²) in [6.07, 6.45) is 1.37. The predicted molar refractivity (Wildman–Crippen MR) is 104 cm³/mol. The molecule has 0 unspecified atom stereocenters. The number of aromatic nitrogens is 3. The molecule has 4 aromatic rings. The Morgan fingerprint density at radius 3 is 2.71 bits per heavy atom. The number of rotatable bonds is 3. The van der Waals surface area contributed by atoms with Gasteiger partial charge < -0.3 is 14.2 Å². The van der Waals surface area contributed by atoms with Crippen molar-refractivity contribution in [3.8, 4) is 17.2 Å². The Kier molecular flexibility index (Phi) is 3.98. The lowest BCUT2D eigenvalue weighted by molar-refractivity contribution is 0.0852. The normalized spacial score (nSPS) is 16.5. The molecule has 8 heteroatoms. The first-order valence-electron chi connectivity index (χ1n) is 8.65. The zero-order chi connectivity index (χ0) is 19.1. The Hall–Kier alpha value is -3.39. The van der Waals surface area contributed by atoms with Gasteiger partial charge in [0, 0.05) is 0 Å². The third kappa shape index (κ3) is 2.87. The Morgan fingerprint density at radius 2 is 1.96 bits per heavy atom. The molecule has 140 valence electrons. The minimum atomic E-state index is -0.449. The van der Waals surface area contributed by atoms with Crippen molar-refractivity contribution in [1.29, 1.82) is 0 Å². The molecular formula is C20H15N3O4S. The van der Waals surface area contributed by atoms with Gasteiger partial charge in [0.2, 0.25) is 4.96 Å². The maximum Gasteiger partial charge on any atom is 0.291 e. The van der Waals surface area contributed by atoms with Gasteiger partial charge in [-0.2, -0.15) is 9.50 Å². The summed E-state index contributed by atoms with van der Waals surface area (Å²) in [4.78, 5) is 17.7. The first-order valence-corrected chi connectivity index (χ1v) is 9.46. The molecule has 1 atom stereocenters. The lowest BCUT2D eigenvalue weighted by Gasteiger charge is -2.24. The van der Waals surface area contributed by atoms with Crippen molar-refractivity contribution in [2.45, 2.75) is 6.10 Å². The zero-order valence-electron chi connectivity index (χ0n) is 14.9. The molecule has 2 aromatic carbocycles. The number of hydrogen-bond donors (Lipinski definition) is 0. The predicted octanol–water partition coefficient (Wildman–Crippen LogP) is 2.22. The maximum atomic E-state index is 12.7. The van der Waals surface area contributed by atoms with Gasteiger partial charge in [0.1, 0.15) is 12.4 Å². The van der Waals surface area contributed by atoms with E-state index < -0.39 is 6.10 Å². The van der Waals surface area contributed by atoms with E-state index in [1.54, 1.807) is 7.11 Å². The van der Waals surface area contributed by atoms with E-state index in [9.17, 15) is 4.79 Å². The summed E-state index contributed by atoms with van der Waals surface area (Å²) in [7, 11) is 1.62. The highest BCUT2D eigenvalue weighted by Crippen LogP contribution is 2.35. The number of benzene rings is 2. The van der Waals surface area contributed by atoms with Gasteiger partial charge in [0.05, 0.1) is 11.6 Å². The van der Waals surface area contributed by atoms with Gasteiger partial charge in [0.25, 0.3) is 5.56 Å². The minimum Gasteiger partial charge on any atom is -0.497 e. The fourth-order valence-electron chi connectivity index (χ4n) is 2.98. The number of nitrogens with zero attached hydrogens (tertiary/aromatic N) is 3. The molecule has 3 heterocycles. The molecule has 0 aliphatic carbocycles. The SMILES string of the molecule is COc1ccc(/C=c2\sc3nc([C@@H]4COc5ccccc5O4)nn3c2=O)cc1. The van der Waals surface area contributed by atoms with Crippen LogP contribution in [0.2, 0.25) is 0 Å². The number of thiazole rings is 1. The zero-order valence-corrected chi connectivity index (χ0v) is 15.7. The second-order valence-corrected chi connectivity index (χ2v) is 7.23. The third-order valence-electron chi connectivity index (χ3n) is 4.41. The molecule has 1 aliphatic rings. The van der Waals surface area contributed by atoms with Gasteiger partial charge in [-0.1, -0.05) is 35.6 Å². The Morgan fingerprint density at radius 1 is 1.18 bits per heavy atom. The van der Waals surface area contributed by atoms with Gasteiger partial charge in [-0.25, -0.2) is 0 Å². The van der Waals surface area contributed by atoms with E-state index in [4.69, 9.17) is 14.2 Å². The van der Waals surface area contributed by atoms with Crippen molar-refractivity contribution < 1.29 is 14.2 Å². The van der Waals surface area contributed by atoms with Crippen LogP contribution >= 0.6 is 11.3 Å². The van der Waals surface area contributed by atoms with E-state index >= 15 is 0 Å². The van der Waals surface area contributed by atoms with Crippen LogP contribution < -0.4 is 24.3 Å².